The molecule has 0 saturated heterocycles. The highest BCUT2D eigenvalue weighted by molar-refractivity contribution is 6.40. The van der Waals surface area contributed by atoms with Crippen LogP contribution in [0.1, 0.15) is 68.8 Å². The monoisotopic (exact) mass is 328 g/mol. The molecule has 3 nitrogen and oxygen atoms in total. The van der Waals surface area contributed by atoms with Crippen molar-refractivity contribution in [3.8, 4) is 0 Å². The molecule has 24 heavy (non-hydrogen) atoms. The summed E-state index contributed by atoms with van der Waals surface area (Å²) in [5, 5.41) is 8.92. The first-order valence-electron chi connectivity index (χ1n) is 8.82. The molecule has 1 aliphatic rings. The lowest BCUT2D eigenvalue weighted by atomic mass is 9.72. The van der Waals surface area contributed by atoms with Crippen LogP contribution in [0.25, 0.3) is 0 Å². The van der Waals surface area contributed by atoms with Gasteiger partial charge in [-0.1, -0.05) is 56.7 Å². The van der Waals surface area contributed by atoms with Crippen LogP contribution in [0.5, 0.6) is 0 Å². The minimum atomic E-state index is -1.38. The third-order valence-electron chi connectivity index (χ3n) is 5.13. The van der Waals surface area contributed by atoms with Crippen LogP contribution >= 0.6 is 0 Å². The lowest BCUT2D eigenvalue weighted by molar-refractivity contribution is -0.131. The predicted octanol–water partition coefficient (Wildman–Crippen LogP) is 5.05. The number of carbonyl (C=O) groups is 2. The highest BCUT2D eigenvalue weighted by atomic mass is 16.4. The highest BCUT2D eigenvalue weighted by Crippen LogP contribution is 2.38. The Labute approximate surface area is 144 Å². The Bertz CT molecular complexity index is 635. The van der Waals surface area contributed by atoms with Gasteiger partial charge in [-0.05, 0) is 55.4 Å². The maximum atomic E-state index is 11.7. The molecule has 0 amide bonds. The Morgan fingerprint density at radius 2 is 1.88 bits per heavy atom. The number of carbonyl (C=O) groups excluding carboxylic acids is 1. The molecule has 0 aliphatic heterocycles. The van der Waals surface area contributed by atoms with Crippen LogP contribution in [-0.2, 0) is 11.2 Å². The van der Waals surface area contributed by atoms with Gasteiger partial charge in [-0.25, -0.2) is 4.79 Å². The van der Waals surface area contributed by atoms with Crippen molar-refractivity contribution in [3.63, 3.8) is 0 Å². The zero-order valence-corrected chi connectivity index (χ0v) is 15.0. The number of hydrogen-bond donors (Lipinski definition) is 1. The molecule has 1 aliphatic carbocycles. The fourth-order valence-corrected chi connectivity index (χ4v) is 3.48. The average Bonchev–Trinajstić information content (AvgIpc) is 2.54. The molecule has 0 fully saturated rings. The van der Waals surface area contributed by atoms with E-state index in [2.05, 4.69) is 26.8 Å². The van der Waals surface area contributed by atoms with Crippen LogP contribution in [0.2, 0.25) is 0 Å². The lowest BCUT2D eigenvalue weighted by Gasteiger charge is -2.33. The number of ketones is 1. The number of benzene rings is 1. The molecule has 0 bridgehead atoms. The van der Waals surface area contributed by atoms with Gasteiger partial charge in [0.1, 0.15) is 0 Å². The minimum absolute atomic E-state index is 0.329. The standard InChI is InChI=1S/C21H28O3/c1-21(2,3)17-13-11-15(12-14-17)7-6-9-16-8-4-5-10-18(16)19(22)20(23)24/h4-5,8,10-11,17H,6-7,9,12-14H2,1-3H3,(H,23,24). The van der Waals surface area contributed by atoms with Crippen LogP contribution in [0.4, 0.5) is 0 Å². The van der Waals surface area contributed by atoms with Crippen molar-refractivity contribution in [1.82, 2.24) is 0 Å². The zero-order valence-electron chi connectivity index (χ0n) is 15.0. The summed E-state index contributed by atoms with van der Waals surface area (Å²) in [6.45, 7) is 6.94. The molecule has 130 valence electrons. The molecule has 1 N–H and O–H groups in total. The molecule has 0 spiro atoms. The third-order valence-corrected chi connectivity index (χ3v) is 5.13. The van der Waals surface area contributed by atoms with E-state index >= 15 is 0 Å². The number of carboxylic acids is 1. The number of Topliss-reactive ketones (excluding diaryl/α,β-unsaturated/α-hetero) is 1. The first-order chi connectivity index (χ1) is 11.3. The van der Waals surface area contributed by atoms with Crippen molar-refractivity contribution in [2.45, 2.75) is 59.3 Å². The smallest absolute Gasteiger partial charge is 0.377 e. The minimum Gasteiger partial charge on any atom is -0.475 e. The Morgan fingerprint density at radius 3 is 2.46 bits per heavy atom. The topological polar surface area (TPSA) is 54.4 Å². The van der Waals surface area contributed by atoms with E-state index in [1.807, 2.05) is 12.1 Å². The summed E-state index contributed by atoms with van der Waals surface area (Å²) in [4.78, 5) is 22.7. The molecule has 2 rings (SSSR count). The molecule has 0 heterocycles. The second kappa shape index (κ2) is 7.78. The highest BCUT2D eigenvalue weighted by Gasteiger charge is 2.26. The number of rotatable bonds is 6. The Hall–Kier alpha value is -1.90. The van der Waals surface area contributed by atoms with E-state index in [0.29, 0.717) is 11.0 Å². The summed E-state index contributed by atoms with van der Waals surface area (Å²) < 4.78 is 0. The number of aliphatic carboxylic acids is 1. The largest absolute Gasteiger partial charge is 0.475 e. The van der Waals surface area contributed by atoms with Gasteiger partial charge >= 0.3 is 5.97 Å². The zero-order chi connectivity index (χ0) is 17.7. The van der Waals surface area contributed by atoms with E-state index < -0.39 is 11.8 Å². The van der Waals surface area contributed by atoms with Gasteiger partial charge in [0.15, 0.2) is 0 Å². The first kappa shape index (κ1) is 18.4. The molecule has 0 aromatic heterocycles. The van der Waals surface area contributed by atoms with Crippen molar-refractivity contribution < 1.29 is 14.7 Å². The van der Waals surface area contributed by atoms with Gasteiger partial charge in [-0.15, -0.1) is 0 Å². The van der Waals surface area contributed by atoms with Gasteiger partial charge in [-0.2, -0.15) is 0 Å². The van der Waals surface area contributed by atoms with Gasteiger partial charge < -0.3 is 5.11 Å². The lowest BCUT2D eigenvalue weighted by Crippen LogP contribution is -2.22. The fourth-order valence-electron chi connectivity index (χ4n) is 3.48. The van der Waals surface area contributed by atoms with Gasteiger partial charge in [0.25, 0.3) is 5.78 Å². The molecule has 0 radical (unpaired) electrons. The number of aryl methyl sites for hydroxylation is 1. The van der Waals surface area contributed by atoms with E-state index in [0.717, 1.165) is 43.6 Å². The summed E-state index contributed by atoms with van der Waals surface area (Å²) in [6.07, 6.45) is 8.71. The molecular weight excluding hydrogens is 300 g/mol. The van der Waals surface area contributed by atoms with E-state index in [4.69, 9.17) is 5.11 Å². The van der Waals surface area contributed by atoms with Crippen LogP contribution in [0, 0.1) is 11.3 Å². The summed E-state index contributed by atoms with van der Waals surface area (Å²) >= 11 is 0. The van der Waals surface area contributed by atoms with Crippen LogP contribution in [0.15, 0.2) is 35.9 Å². The SMILES string of the molecule is CC(C)(C)C1CC=C(CCCc2ccccc2C(=O)C(=O)O)CC1. The van der Waals surface area contributed by atoms with Crippen molar-refractivity contribution in [3.05, 3.63) is 47.0 Å². The Kier molecular flexibility index (Phi) is 5.98. The van der Waals surface area contributed by atoms with Crippen LogP contribution in [-0.4, -0.2) is 16.9 Å². The molecule has 0 saturated carbocycles. The van der Waals surface area contributed by atoms with E-state index in [9.17, 15) is 9.59 Å². The summed E-state index contributed by atoms with van der Waals surface area (Å²) in [6, 6.07) is 7.05. The number of allylic oxidation sites excluding steroid dienone is 2. The fraction of sp³-hybridized carbons (Fsp3) is 0.524. The van der Waals surface area contributed by atoms with Crippen LogP contribution in [0.3, 0.4) is 0 Å². The third kappa shape index (κ3) is 4.80. The van der Waals surface area contributed by atoms with E-state index in [-0.39, 0.29) is 0 Å². The normalized spacial score (nSPS) is 18.1. The van der Waals surface area contributed by atoms with Crippen molar-refractivity contribution >= 4 is 11.8 Å². The van der Waals surface area contributed by atoms with Gasteiger partial charge in [0.05, 0.1) is 0 Å². The average molecular weight is 328 g/mol. The second-order valence-electron chi connectivity index (χ2n) is 7.84. The molecule has 1 atom stereocenters. The van der Waals surface area contributed by atoms with Crippen molar-refractivity contribution in [2.24, 2.45) is 11.3 Å². The van der Waals surface area contributed by atoms with Crippen molar-refractivity contribution in [2.75, 3.05) is 0 Å². The van der Waals surface area contributed by atoms with Crippen LogP contribution < -0.4 is 0 Å². The summed E-state index contributed by atoms with van der Waals surface area (Å²) in [5.41, 5.74) is 3.06. The van der Waals surface area contributed by atoms with Gasteiger partial charge in [-0.3, -0.25) is 4.79 Å². The Morgan fingerprint density at radius 1 is 1.17 bits per heavy atom. The van der Waals surface area contributed by atoms with Crippen molar-refractivity contribution in [1.29, 1.82) is 0 Å². The maximum absolute atomic E-state index is 11.7. The molecule has 1 unspecified atom stereocenters. The van der Waals surface area contributed by atoms with E-state index in [1.54, 1.807) is 12.1 Å². The second-order valence-corrected chi connectivity index (χ2v) is 7.84. The van der Waals surface area contributed by atoms with Gasteiger partial charge in [0.2, 0.25) is 0 Å². The Balaban J connectivity index is 1.91. The summed E-state index contributed by atoms with van der Waals surface area (Å²) in [7, 11) is 0. The molecule has 1 aromatic carbocycles. The molecular formula is C21H28O3. The number of carboxylic acid groups (broad SMARTS) is 1. The molecule has 3 heteroatoms. The predicted molar refractivity (Wildman–Crippen MR) is 96.2 cm³/mol. The summed E-state index contributed by atoms with van der Waals surface area (Å²) in [5.74, 6) is -1.43. The maximum Gasteiger partial charge on any atom is 0.377 e. The quantitative estimate of drug-likeness (QED) is 0.452. The molecule has 1 aromatic rings. The van der Waals surface area contributed by atoms with E-state index in [1.165, 1.54) is 12.0 Å². The number of hydrogen-bond acceptors (Lipinski definition) is 2. The first-order valence-corrected chi connectivity index (χ1v) is 8.82. The van der Waals surface area contributed by atoms with Gasteiger partial charge in [0, 0.05) is 5.56 Å².